The first-order valence-corrected chi connectivity index (χ1v) is 10.3. The van der Waals surface area contributed by atoms with Gasteiger partial charge in [0, 0.05) is 31.2 Å². The molecule has 0 aromatic heterocycles. The fourth-order valence-electron chi connectivity index (χ4n) is 3.73. The van der Waals surface area contributed by atoms with Gasteiger partial charge in [0.1, 0.15) is 0 Å². The fraction of sp³-hybridized carbons (Fsp3) is 0.348. The second kappa shape index (κ2) is 9.43. The topological polar surface area (TPSA) is 81.8 Å². The molecule has 0 spiro atoms. The number of nitrogens with one attached hydrogen (secondary N) is 2. The maximum atomic E-state index is 13.2. The van der Waals surface area contributed by atoms with Gasteiger partial charge >= 0.3 is 0 Å². The number of carbonyl (C=O) groups excluding carboxylic acids is 3. The van der Waals surface area contributed by atoms with E-state index >= 15 is 0 Å². The summed E-state index contributed by atoms with van der Waals surface area (Å²) < 4.78 is 0. The van der Waals surface area contributed by atoms with Crippen molar-refractivity contribution in [2.45, 2.75) is 33.2 Å². The molecule has 1 heterocycles. The number of nitrogens with zero attached hydrogens (tertiary/aromatic N) is 2. The molecule has 0 aliphatic carbocycles. The van der Waals surface area contributed by atoms with Crippen molar-refractivity contribution in [1.29, 1.82) is 0 Å². The Kier molecular flexibility index (Phi) is 6.72. The number of fused-ring (bicyclic) bond motifs is 1. The van der Waals surface area contributed by atoms with E-state index in [9.17, 15) is 14.4 Å². The zero-order valence-electron chi connectivity index (χ0n) is 17.6. The first-order chi connectivity index (χ1) is 14.5. The Balaban J connectivity index is 1.81. The number of hydrogen-bond acceptors (Lipinski definition) is 4. The number of benzene rings is 2. The molecule has 158 valence electrons. The van der Waals surface area contributed by atoms with E-state index in [0.717, 1.165) is 0 Å². The standard InChI is InChI=1S/C23H28N4O3/c1-4-26(5-2)23(30)17-10-6-7-11-18(17)24-15-22(29)27-16(3)14-21(28)25-19-12-8-9-13-20(19)27/h6-13,16,24H,4-5,14-15H2,1-3H3,(H,25,28). The lowest BCUT2D eigenvalue weighted by molar-refractivity contribution is -0.118. The van der Waals surface area contributed by atoms with Gasteiger partial charge in [0.15, 0.2) is 0 Å². The molecule has 2 aromatic carbocycles. The summed E-state index contributed by atoms with van der Waals surface area (Å²) in [5, 5.41) is 5.99. The third-order valence-electron chi connectivity index (χ3n) is 5.27. The van der Waals surface area contributed by atoms with E-state index < -0.39 is 0 Å². The summed E-state index contributed by atoms with van der Waals surface area (Å²) in [5.41, 5.74) is 2.45. The van der Waals surface area contributed by atoms with E-state index in [0.29, 0.717) is 35.7 Å². The summed E-state index contributed by atoms with van der Waals surface area (Å²) in [7, 11) is 0. The molecule has 2 aromatic rings. The number of amides is 3. The maximum Gasteiger partial charge on any atom is 0.255 e. The van der Waals surface area contributed by atoms with Crippen LogP contribution in [0.2, 0.25) is 0 Å². The molecule has 3 rings (SSSR count). The largest absolute Gasteiger partial charge is 0.375 e. The molecule has 3 amide bonds. The van der Waals surface area contributed by atoms with Crippen LogP contribution in [0.5, 0.6) is 0 Å². The van der Waals surface area contributed by atoms with Gasteiger partial charge in [-0.1, -0.05) is 24.3 Å². The van der Waals surface area contributed by atoms with Crippen LogP contribution in [0.1, 0.15) is 37.6 Å². The van der Waals surface area contributed by atoms with Crippen LogP contribution in [0.3, 0.4) is 0 Å². The molecule has 1 atom stereocenters. The molecule has 7 nitrogen and oxygen atoms in total. The second-order valence-electron chi connectivity index (χ2n) is 7.26. The van der Waals surface area contributed by atoms with Gasteiger partial charge in [0.25, 0.3) is 5.91 Å². The summed E-state index contributed by atoms with van der Waals surface area (Å²) >= 11 is 0. The van der Waals surface area contributed by atoms with Crippen LogP contribution >= 0.6 is 0 Å². The highest BCUT2D eigenvalue weighted by Gasteiger charge is 2.29. The molecule has 1 unspecified atom stereocenters. The quantitative estimate of drug-likeness (QED) is 0.768. The smallest absolute Gasteiger partial charge is 0.255 e. The van der Waals surface area contributed by atoms with Crippen LogP contribution in [0.4, 0.5) is 17.1 Å². The molecule has 0 saturated carbocycles. The molecule has 1 aliphatic rings. The molecule has 2 N–H and O–H groups in total. The van der Waals surface area contributed by atoms with Crippen LogP contribution in [-0.4, -0.2) is 48.3 Å². The monoisotopic (exact) mass is 408 g/mol. The number of para-hydroxylation sites is 3. The van der Waals surface area contributed by atoms with Gasteiger partial charge in [-0.05, 0) is 45.0 Å². The molecule has 0 bridgehead atoms. The van der Waals surface area contributed by atoms with Crippen molar-refractivity contribution in [3.63, 3.8) is 0 Å². The highest BCUT2D eigenvalue weighted by molar-refractivity contribution is 6.06. The molecule has 0 fully saturated rings. The van der Waals surface area contributed by atoms with E-state index in [1.54, 1.807) is 28.0 Å². The van der Waals surface area contributed by atoms with Crippen molar-refractivity contribution in [2.75, 3.05) is 35.2 Å². The van der Waals surface area contributed by atoms with Gasteiger partial charge < -0.3 is 20.4 Å². The molecular weight excluding hydrogens is 380 g/mol. The lowest BCUT2D eigenvalue weighted by Gasteiger charge is -2.28. The average molecular weight is 409 g/mol. The maximum absolute atomic E-state index is 13.2. The highest BCUT2D eigenvalue weighted by atomic mass is 16.2. The van der Waals surface area contributed by atoms with E-state index in [1.807, 2.05) is 51.1 Å². The van der Waals surface area contributed by atoms with Gasteiger partial charge in [-0.15, -0.1) is 0 Å². The predicted molar refractivity (Wildman–Crippen MR) is 119 cm³/mol. The van der Waals surface area contributed by atoms with Crippen LogP contribution in [0, 0.1) is 0 Å². The summed E-state index contributed by atoms with van der Waals surface area (Å²) in [4.78, 5) is 41.5. The van der Waals surface area contributed by atoms with Crippen LogP contribution in [-0.2, 0) is 9.59 Å². The lowest BCUT2D eigenvalue weighted by Crippen LogP contribution is -2.42. The highest BCUT2D eigenvalue weighted by Crippen LogP contribution is 2.31. The molecule has 30 heavy (non-hydrogen) atoms. The average Bonchev–Trinajstić information content (AvgIpc) is 2.87. The third-order valence-corrected chi connectivity index (χ3v) is 5.27. The van der Waals surface area contributed by atoms with E-state index in [4.69, 9.17) is 0 Å². The Morgan fingerprint density at radius 1 is 1.10 bits per heavy atom. The van der Waals surface area contributed by atoms with Gasteiger partial charge in [0.05, 0.1) is 23.5 Å². The third kappa shape index (κ3) is 4.45. The van der Waals surface area contributed by atoms with Crippen LogP contribution in [0.15, 0.2) is 48.5 Å². The van der Waals surface area contributed by atoms with E-state index in [-0.39, 0.29) is 36.7 Å². The molecule has 7 heteroatoms. The van der Waals surface area contributed by atoms with Crippen molar-refractivity contribution in [1.82, 2.24) is 4.90 Å². The lowest BCUT2D eigenvalue weighted by atomic mass is 10.1. The minimum Gasteiger partial charge on any atom is -0.375 e. The Morgan fingerprint density at radius 3 is 2.50 bits per heavy atom. The van der Waals surface area contributed by atoms with Gasteiger partial charge in [-0.2, -0.15) is 0 Å². The van der Waals surface area contributed by atoms with Crippen molar-refractivity contribution in [2.24, 2.45) is 0 Å². The Bertz CT molecular complexity index is 940. The van der Waals surface area contributed by atoms with Gasteiger partial charge in [-0.3, -0.25) is 14.4 Å². The summed E-state index contributed by atoms with van der Waals surface area (Å²) in [5.74, 6) is -0.358. The zero-order valence-corrected chi connectivity index (χ0v) is 17.6. The first kappa shape index (κ1) is 21.4. The normalized spacial score (nSPS) is 15.6. The summed E-state index contributed by atoms with van der Waals surface area (Å²) in [6.45, 7) is 6.98. The first-order valence-electron chi connectivity index (χ1n) is 10.3. The van der Waals surface area contributed by atoms with E-state index in [2.05, 4.69) is 10.6 Å². The van der Waals surface area contributed by atoms with Crippen molar-refractivity contribution in [3.8, 4) is 0 Å². The number of rotatable bonds is 6. The SMILES string of the molecule is CCN(CC)C(=O)c1ccccc1NCC(=O)N1c2ccccc2NC(=O)CC1C. The molecule has 0 radical (unpaired) electrons. The van der Waals surface area contributed by atoms with Crippen LogP contribution in [0.25, 0.3) is 0 Å². The number of hydrogen-bond donors (Lipinski definition) is 2. The molecule has 0 saturated heterocycles. The fourth-order valence-corrected chi connectivity index (χ4v) is 3.73. The van der Waals surface area contributed by atoms with Gasteiger partial charge in [-0.25, -0.2) is 0 Å². The Labute approximate surface area is 177 Å². The number of carbonyl (C=O) groups is 3. The van der Waals surface area contributed by atoms with Crippen molar-refractivity contribution < 1.29 is 14.4 Å². The summed E-state index contributed by atoms with van der Waals surface area (Å²) in [6.07, 6.45) is 0.220. The zero-order chi connectivity index (χ0) is 21.7. The molecule has 1 aliphatic heterocycles. The van der Waals surface area contributed by atoms with Crippen molar-refractivity contribution >= 4 is 34.8 Å². The molecular formula is C23H28N4O3. The van der Waals surface area contributed by atoms with E-state index in [1.165, 1.54) is 0 Å². The summed E-state index contributed by atoms with van der Waals surface area (Å²) in [6, 6.07) is 14.2. The van der Waals surface area contributed by atoms with Crippen molar-refractivity contribution in [3.05, 3.63) is 54.1 Å². The Hall–Kier alpha value is -3.35. The minimum atomic E-state index is -0.282. The van der Waals surface area contributed by atoms with Crippen LogP contribution < -0.4 is 15.5 Å². The Morgan fingerprint density at radius 2 is 1.77 bits per heavy atom. The second-order valence-corrected chi connectivity index (χ2v) is 7.26. The minimum absolute atomic E-state index is 0.00933. The van der Waals surface area contributed by atoms with Gasteiger partial charge in [0.2, 0.25) is 11.8 Å². The number of anilines is 3. The predicted octanol–water partition coefficient (Wildman–Crippen LogP) is 3.34.